The van der Waals surface area contributed by atoms with Crippen molar-refractivity contribution in [3.8, 4) is 6.07 Å². The number of carbonyl (C=O) groups excluding carboxylic acids is 1. The van der Waals surface area contributed by atoms with Gasteiger partial charge in [-0.15, -0.1) is 0 Å². The van der Waals surface area contributed by atoms with Crippen LogP contribution in [-0.2, 0) is 11.2 Å². The van der Waals surface area contributed by atoms with Gasteiger partial charge >= 0.3 is 0 Å². The molecule has 3 nitrogen and oxygen atoms in total. The van der Waals surface area contributed by atoms with Crippen molar-refractivity contribution in [2.24, 2.45) is 0 Å². The molecule has 0 aliphatic carbocycles. The van der Waals surface area contributed by atoms with Gasteiger partial charge in [0.2, 0.25) is 5.91 Å². The Morgan fingerprint density at radius 2 is 2.06 bits per heavy atom. The summed E-state index contributed by atoms with van der Waals surface area (Å²) in [6.45, 7) is 5.42. The lowest BCUT2D eigenvalue weighted by atomic mass is 10.0. The van der Waals surface area contributed by atoms with Gasteiger partial charge in [-0.2, -0.15) is 5.26 Å². The average molecular weight is 230 g/mol. The van der Waals surface area contributed by atoms with E-state index in [0.29, 0.717) is 12.8 Å². The van der Waals surface area contributed by atoms with E-state index in [0.717, 1.165) is 0 Å². The van der Waals surface area contributed by atoms with Gasteiger partial charge in [0, 0.05) is 6.42 Å². The molecule has 1 aromatic rings. The first-order chi connectivity index (χ1) is 7.94. The maximum absolute atomic E-state index is 11.6. The number of hydrogen-bond acceptors (Lipinski definition) is 2. The molecule has 1 aromatic carbocycles. The monoisotopic (exact) mass is 230 g/mol. The summed E-state index contributed by atoms with van der Waals surface area (Å²) in [4.78, 5) is 11.6. The van der Waals surface area contributed by atoms with Gasteiger partial charge in [-0.3, -0.25) is 4.79 Å². The Kier molecular flexibility index (Phi) is 4.28. The van der Waals surface area contributed by atoms with Gasteiger partial charge in [-0.1, -0.05) is 24.3 Å². The number of aryl methyl sites for hydroxylation is 2. The zero-order valence-corrected chi connectivity index (χ0v) is 10.6. The number of nitrogens with one attached hydrogen (secondary N) is 1. The van der Waals surface area contributed by atoms with Gasteiger partial charge in [-0.25, -0.2) is 0 Å². The van der Waals surface area contributed by atoms with Crippen LogP contribution in [0, 0.1) is 18.3 Å². The average Bonchev–Trinajstić information content (AvgIpc) is 2.27. The highest BCUT2D eigenvalue weighted by Gasteiger charge is 2.18. The van der Waals surface area contributed by atoms with Crippen LogP contribution in [0.1, 0.15) is 31.4 Å². The van der Waals surface area contributed by atoms with Crippen LogP contribution in [0.4, 0.5) is 0 Å². The Morgan fingerprint density at radius 3 is 2.65 bits per heavy atom. The predicted molar refractivity (Wildman–Crippen MR) is 67.3 cm³/mol. The van der Waals surface area contributed by atoms with Gasteiger partial charge in [0.1, 0.15) is 5.54 Å². The standard InChI is InChI=1S/C14H18N2O/c1-11-6-4-5-7-12(11)8-9-13(17)16-14(2,3)10-15/h4-7H,8-9H2,1-3H3,(H,16,17). The molecule has 0 bridgehead atoms. The number of rotatable bonds is 4. The van der Waals surface area contributed by atoms with E-state index >= 15 is 0 Å². The second-order valence-electron chi connectivity index (χ2n) is 4.71. The Balaban J connectivity index is 2.50. The lowest BCUT2D eigenvalue weighted by molar-refractivity contribution is -0.122. The molecule has 0 aliphatic heterocycles. The number of nitrogens with zero attached hydrogens (tertiary/aromatic N) is 1. The van der Waals surface area contributed by atoms with Crippen LogP contribution >= 0.6 is 0 Å². The molecule has 1 rings (SSSR count). The van der Waals surface area contributed by atoms with Crippen LogP contribution in [-0.4, -0.2) is 11.4 Å². The minimum atomic E-state index is -0.789. The summed E-state index contributed by atoms with van der Waals surface area (Å²) in [7, 11) is 0. The van der Waals surface area contributed by atoms with E-state index in [-0.39, 0.29) is 5.91 Å². The largest absolute Gasteiger partial charge is 0.338 e. The Hall–Kier alpha value is -1.82. The Morgan fingerprint density at radius 1 is 1.41 bits per heavy atom. The topological polar surface area (TPSA) is 52.9 Å². The van der Waals surface area contributed by atoms with Gasteiger partial charge < -0.3 is 5.32 Å². The quantitative estimate of drug-likeness (QED) is 0.863. The molecule has 0 saturated heterocycles. The third-order valence-corrected chi connectivity index (χ3v) is 2.61. The van der Waals surface area contributed by atoms with Crippen LogP contribution in [0.15, 0.2) is 24.3 Å². The Bertz CT molecular complexity index is 444. The van der Waals surface area contributed by atoms with Crippen molar-refractivity contribution in [3.63, 3.8) is 0 Å². The molecule has 0 aliphatic rings. The lowest BCUT2D eigenvalue weighted by Crippen LogP contribution is -2.42. The highest BCUT2D eigenvalue weighted by molar-refractivity contribution is 5.77. The first-order valence-corrected chi connectivity index (χ1v) is 5.71. The third kappa shape index (κ3) is 4.28. The number of carbonyl (C=O) groups is 1. The molecule has 0 saturated carbocycles. The molecule has 1 N–H and O–H groups in total. The molecule has 3 heteroatoms. The molecular weight excluding hydrogens is 212 g/mol. The zero-order valence-electron chi connectivity index (χ0n) is 10.6. The van der Waals surface area contributed by atoms with Gasteiger partial charge in [-0.05, 0) is 38.3 Å². The molecule has 0 fully saturated rings. The van der Waals surface area contributed by atoms with Crippen molar-refractivity contribution in [2.45, 2.75) is 39.2 Å². The van der Waals surface area contributed by atoms with E-state index in [1.54, 1.807) is 13.8 Å². The van der Waals surface area contributed by atoms with E-state index in [9.17, 15) is 4.79 Å². The number of amides is 1. The summed E-state index contributed by atoms with van der Waals surface area (Å²) in [6, 6.07) is 10.1. The maximum Gasteiger partial charge on any atom is 0.221 e. The van der Waals surface area contributed by atoms with Crippen molar-refractivity contribution in [3.05, 3.63) is 35.4 Å². The fourth-order valence-corrected chi connectivity index (χ4v) is 1.58. The summed E-state index contributed by atoms with van der Waals surface area (Å²) >= 11 is 0. The van der Waals surface area contributed by atoms with Crippen LogP contribution in [0.3, 0.4) is 0 Å². The first kappa shape index (κ1) is 13.2. The summed E-state index contributed by atoms with van der Waals surface area (Å²) in [5.74, 6) is -0.0835. The van der Waals surface area contributed by atoms with Gasteiger partial charge in [0.15, 0.2) is 0 Å². The molecule has 0 atom stereocenters. The minimum absolute atomic E-state index is 0.0835. The number of nitriles is 1. The van der Waals surface area contributed by atoms with Crippen molar-refractivity contribution < 1.29 is 4.79 Å². The molecular formula is C14H18N2O. The molecule has 0 unspecified atom stereocenters. The summed E-state index contributed by atoms with van der Waals surface area (Å²) in [5.41, 5.74) is 1.58. The molecule has 90 valence electrons. The minimum Gasteiger partial charge on any atom is -0.338 e. The van der Waals surface area contributed by atoms with Crippen molar-refractivity contribution in [1.29, 1.82) is 5.26 Å². The molecule has 0 radical (unpaired) electrons. The highest BCUT2D eigenvalue weighted by atomic mass is 16.1. The normalized spacial score (nSPS) is 10.7. The molecule has 17 heavy (non-hydrogen) atoms. The van der Waals surface area contributed by atoms with Crippen molar-refractivity contribution >= 4 is 5.91 Å². The Labute approximate surface area is 102 Å². The second-order valence-corrected chi connectivity index (χ2v) is 4.71. The van der Waals surface area contributed by atoms with E-state index in [1.807, 2.05) is 37.3 Å². The molecule has 0 aromatic heterocycles. The van der Waals surface area contributed by atoms with Gasteiger partial charge in [0.05, 0.1) is 6.07 Å². The molecule has 0 heterocycles. The fraction of sp³-hybridized carbons (Fsp3) is 0.429. The van der Waals surface area contributed by atoms with E-state index in [4.69, 9.17) is 5.26 Å². The fourth-order valence-electron chi connectivity index (χ4n) is 1.58. The zero-order chi connectivity index (χ0) is 12.9. The molecule has 1 amide bonds. The van der Waals surface area contributed by atoms with E-state index in [1.165, 1.54) is 11.1 Å². The van der Waals surface area contributed by atoms with Crippen LogP contribution in [0.25, 0.3) is 0 Å². The van der Waals surface area contributed by atoms with E-state index in [2.05, 4.69) is 5.32 Å². The summed E-state index contributed by atoms with van der Waals surface area (Å²) < 4.78 is 0. The number of hydrogen-bond donors (Lipinski definition) is 1. The first-order valence-electron chi connectivity index (χ1n) is 5.71. The maximum atomic E-state index is 11.6. The van der Waals surface area contributed by atoms with E-state index < -0.39 is 5.54 Å². The van der Waals surface area contributed by atoms with Crippen molar-refractivity contribution in [1.82, 2.24) is 5.32 Å². The predicted octanol–water partition coefficient (Wildman–Crippen LogP) is 2.35. The van der Waals surface area contributed by atoms with Crippen molar-refractivity contribution in [2.75, 3.05) is 0 Å². The molecule has 0 spiro atoms. The number of benzene rings is 1. The van der Waals surface area contributed by atoms with Crippen LogP contribution in [0.2, 0.25) is 0 Å². The SMILES string of the molecule is Cc1ccccc1CCC(=O)NC(C)(C)C#N. The van der Waals surface area contributed by atoms with Gasteiger partial charge in [0.25, 0.3) is 0 Å². The smallest absolute Gasteiger partial charge is 0.221 e. The van der Waals surface area contributed by atoms with Crippen LogP contribution < -0.4 is 5.32 Å². The van der Waals surface area contributed by atoms with Crippen LogP contribution in [0.5, 0.6) is 0 Å². The highest BCUT2D eigenvalue weighted by Crippen LogP contribution is 2.10. The third-order valence-electron chi connectivity index (χ3n) is 2.61. The summed E-state index contributed by atoms with van der Waals surface area (Å²) in [6.07, 6.45) is 1.12. The second kappa shape index (κ2) is 5.49. The lowest BCUT2D eigenvalue weighted by Gasteiger charge is -2.17. The summed E-state index contributed by atoms with van der Waals surface area (Å²) in [5, 5.41) is 11.5.